The van der Waals surface area contributed by atoms with E-state index in [1.165, 1.54) is 22.5 Å². The molecule has 3 aromatic heterocycles. The molecule has 0 radical (unpaired) electrons. The highest BCUT2D eigenvalue weighted by atomic mass is 32.1. The number of amides is 1. The number of H-pyrrole nitrogens is 1. The maximum absolute atomic E-state index is 12.8. The fraction of sp³-hybridized carbons (Fsp3) is 0.421. The van der Waals surface area contributed by atoms with Crippen molar-refractivity contribution in [2.45, 2.75) is 25.8 Å². The quantitative estimate of drug-likeness (QED) is 0.768. The Hall–Kier alpha value is -2.25. The van der Waals surface area contributed by atoms with E-state index in [0.717, 1.165) is 46.8 Å². The van der Waals surface area contributed by atoms with Crippen LogP contribution >= 0.6 is 11.3 Å². The Kier molecular flexibility index (Phi) is 4.50. The first kappa shape index (κ1) is 17.2. The Morgan fingerprint density at radius 3 is 3.04 bits per heavy atom. The molecule has 1 unspecified atom stereocenters. The van der Waals surface area contributed by atoms with Crippen LogP contribution in [0.3, 0.4) is 0 Å². The van der Waals surface area contributed by atoms with Crippen molar-refractivity contribution in [2.24, 2.45) is 0 Å². The topological polar surface area (TPSA) is 65.1 Å². The first-order valence-electron chi connectivity index (χ1n) is 8.85. The Balaban J connectivity index is 1.65. The monoisotopic (exact) mass is 369 g/mol. The van der Waals surface area contributed by atoms with Crippen molar-refractivity contribution in [1.29, 1.82) is 0 Å². The van der Waals surface area contributed by atoms with Gasteiger partial charge in [-0.1, -0.05) is 6.07 Å². The molecule has 136 valence electrons. The van der Waals surface area contributed by atoms with E-state index in [9.17, 15) is 4.79 Å². The molecule has 0 aliphatic carbocycles. The van der Waals surface area contributed by atoms with Crippen molar-refractivity contribution in [3.8, 4) is 0 Å². The van der Waals surface area contributed by atoms with Crippen LogP contribution in [0.25, 0.3) is 10.2 Å². The average molecular weight is 369 g/mol. The number of thiophene rings is 1. The zero-order chi connectivity index (χ0) is 18.3. The van der Waals surface area contributed by atoms with Gasteiger partial charge in [-0.05, 0) is 31.5 Å². The molecule has 26 heavy (non-hydrogen) atoms. The molecule has 4 heterocycles. The first-order valence-corrected chi connectivity index (χ1v) is 9.66. The van der Waals surface area contributed by atoms with E-state index >= 15 is 0 Å². The van der Waals surface area contributed by atoms with Crippen LogP contribution in [-0.2, 0) is 6.54 Å². The van der Waals surface area contributed by atoms with Crippen molar-refractivity contribution >= 4 is 27.5 Å². The number of rotatable bonds is 4. The molecule has 0 saturated carbocycles. The van der Waals surface area contributed by atoms with Crippen LogP contribution in [0.4, 0.5) is 0 Å². The van der Waals surface area contributed by atoms with Crippen LogP contribution in [0, 0.1) is 6.92 Å². The van der Waals surface area contributed by atoms with E-state index in [2.05, 4.69) is 33.1 Å². The SMILES string of the molecule is Cc1[nH]ncc1CN1CCC(c2c(C(=O)N(C)C)sc3ncccc23)C1. The van der Waals surface area contributed by atoms with Crippen LogP contribution in [0.2, 0.25) is 0 Å². The summed E-state index contributed by atoms with van der Waals surface area (Å²) in [6.07, 6.45) is 4.77. The molecule has 6 nitrogen and oxygen atoms in total. The number of nitrogens with one attached hydrogen (secondary N) is 1. The van der Waals surface area contributed by atoms with Crippen molar-refractivity contribution in [2.75, 3.05) is 27.2 Å². The van der Waals surface area contributed by atoms with Gasteiger partial charge in [0.05, 0.1) is 11.1 Å². The Labute approximate surface area is 156 Å². The predicted molar refractivity (Wildman–Crippen MR) is 104 cm³/mol. The molecule has 3 aromatic rings. The van der Waals surface area contributed by atoms with Gasteiger partial charge < -0.3 is 4.90 Å². The number of pyridine rings is 1. The summed E-state index contributed by atoms with van der Waals surface area (Å²) in [6.45, 7) is 4.94. The molecule has 0 aromatic carbocycles. The molecule has 7 heteroatoms. The number of nitrogens with zero attached hydrogens (tertiary/aromatic N) is 4. The molecule has 1 saturated heterocycles. The average Bonchev–Trinajstić information content (AvgIpc) is 3.33. The second kappa shape index (κ2) is 6.81. The number of hydrogen-bond donors (Lipinski definition) is 1. The molecule has 1 amide bonds. The fourth-order valence-corrected chi connectivity index (χ4v) is 4.96. The van der Waals surface area contributed by atoms with Gasteiger partial charge in [-0.25, -0.2) is 4.98 Å². The lowest BCUT2D eigenvalue weighted by Gasteiger charge is -2.17. The summed E-state index contributed by atoms with van der Waals surface area (Å²) in [7, 11) is 3.62. The van der Waals surface area contributed by atoms with Gasteiger partial charge >= 0.3 is 0 Å². The van der Waals surface area contributed by atoms with Gasteiger partial charge in [0.1, 0.15) is 4.83 Å². The van der Waals surface area contributed by atoms with Gasteiger partial charge in [-0.2, -0.15) is 5.10 Å². The number of hydrogen-bond acceptors (Lipinski definition) is 5. The highest BCUT2D eigenvalue weighted by Crippen LogP contribution is 2.40. The Morgan fingerprint density at radius 1 is 1.46 bits per heavy atom. The van der Waals surface area contributed by atoms with E-state index in [4.69, 9.17) is 0 Å². The maximum Gasteiger partial charge on any atom is 0.263 e. The Morgan fingerprint density at radius 2 is 2.31 bits per heavy atom. The molecule has 0 spiro atoms. The minimum absolute atomic E-state index is 0.0760. The number of fused-ring (bicyclic) bond motifs is 1. The molecule has 1 aliphatic rings. The van der Waals surface area contributed by atoms with Crippen LogP contribution in [0.5, 0.6) is 0 Å². The first-order chi connectivity index (χ1) is 12.5. The van der Waals surface area contributed by atoms with Gasteiger partial charge in [0.15, 0.2) is 0 Å². The molecule has 0 bridgehead atoms. The van der Waals surface area contributed by atoms with E-state index in [1.807, 2.05) is 26.4 Å². The molecule has 1 aliphatic heterocycles. The number of aromatic amines is 1. The molecule has 1 fully saturated rings. The van der Waals surface area contributed by atoms with Gasteiger partial charge in [0.2, 0.25) is 0 Å². The van der Waals surface area contributed by atoms with Crippen molar-refractivity contribution in [1.82, 2.24) is 25.0 Å². The van der Waals surface area contributed by atoms with Crippen LogP contribution in [0.15, 0.2) is 24.5 Å². The standard InChI is InChI=1S/C19H23N5OS/c1-12-14(9-21-22-12)11-24-8-6-13(10-24)16-15-5-4-7-20-18(15)26-17(16)19(25)23(2)3/h4-5,7,9,13H,6,8,10-11H2,1-3H3,(H,21,22). The van der Waals surface area contributed by atoms with Crippen LogP contribution in [0.1, 0.15) is 38.8 Å². The largest absolute Gasteiger partial charge is 0.344 e. The molecular formula is C19H23N5OS. The zero-order valence-corrected chi connectivity index (χ0v) is 16.1. The lowest BCUT2D eigenvalue weighted by Crippen LogP contribution is -2.23. The predicted octanol–water partition coefficient (Wildman–Crippen LogP) is 3.02. The summed E-state index contributed by atoms with van der Waals surface area (Å²) in [6, 6.07) is 4.06. The zero-order valence-electron chi connectivity index (χ0n) is 15.3. The minimum atomic E-state index is 0.0760. The summed E-state index contributed by atoms with van der Waals surface area (Å²) in [4.78, 5) is 23.2. The van der Waals surface area contributed by atoms with Crippen molar-refractivity contribution in [3.05, 3.63) is 46.2 Å². The van der Waals surface area contributed by atoms with Gasteiger partial charge in [-0.15, -0.1) is 11.3 Å². The smallest absolute Gasteiger partial charge is 0.263 e. The lowest BCUT2D eigenvalue weighted by molar-refractivity contribution is 0.0831. The Bertz CT molecular complexity index is 944. The fourth-order valence-electron chi connectivity index (χ4n) is 3.71. The van der Waals surface area contributed by atoms with Crippen molar-refractivity contribution in [3.63, 3.8) is 0 Å². The number of aryl methyl sites for hydroxylation is 1. The summed E-state index contributed by atoms with van der Waals surface area (Å²) >= 11 is 1.52. The van der Waals surface area contributed by atoms with E-state index in [-0.39, 0.29) is 5.91 Å². The third-order valence-corrected chi connectivity index (χ3v) is 6.23. The van der Waals surface area contributed by atoms with Gasteiger partial charge in [-0.3, -0.25) is 14.8 Å². The molecule has 1 N–H and O–H groups in total. The normalized spacial score (nSPS) is 17.9. The second-order valence-electron chi connectivity index (χ2n) is 7.14. The maximum atomic E-state index is 12.8. The second-order valence-corrected chi connectivity index (χ2v) is 8.14. The molecule has 1 atom stereocenters. The number of likely N-dealkylation sites (tertiary alicyclic amines) is 1. The highest BCUT2D eigenvalue weighted by Gasteiger charge is 2.31. The van der Waals surface area contributed by atoms with E-state index < -0.39 is 0 Å². The van der Waals surface area contributed by atoms with Gasteiger partial charge in [0.25, 0.3) is 5.91 Å². The summed E-state index contributed by atoms with van der Waals surface area (Å²) in [5, 5.41) is 8.26. The van der Waals surface area contributed by atoms with Crippen LogP contribution < -0.4 is 0 Å². The van der Waals surface area contributed by atoms with Gasteiger partial charge in [0, 0.05) is 55.9 Å². The lowest BCUT2D eigenvalue weighted by atomic mass is 9.95. The summed E-state index contributed by atoms with van der Waals surface area (Å²) in [5.74, 6) is 0.436. The van der Waals surface area contributed by atoms with E-state index in [1.54, 1.807) is 11.1 Å². The highest BCUT2D eigenvalue weighted by molar-refractivity contribution is 7.20. The molecular weight excluding hydrogens is 346 g/mol. The number of carbonyl (C=O) groups is 1. The van der Waals surface area contributed by atoms with Crippen molar-refractivity contribution < 1.29 is 4.79 Å². The van der Waals surface area contributed by atoms with Crippen LogP contribution in [-0.4, -0.2) is 58.1 Å². The van der Waals surface area contributed by atoms with E-state index in [0.29, 0.717) is 5.92 Å². The molecule has 4 rings (SSSR count). The summed E-state index contributed by atoms with van der Waals surface area (Å²) < 4.78 is 0. The third-order valence-electron chi connectivity index (χ3n) is 5.11. The third kappa shape index (κ3) is 3.01. The summed E-state index contributed by atoms with van der Waals surface area (Å²) in [5.41, 5.74) is 3.55. The number of carbonyl (C=O) groups excluding carboxylic acids is 1. The number of aromatic nitrogens is 3. The minimum Gasteiger partial charge on any atom is -0.344 e.